The number of nitrogens with two attached hydrogens (primary N) is 1. The third-order valence-electron chi connectivity index (χ3n) is 3.09. The van der Waals surface area contributed by atoms with Crippen LogP contribution in [0.25, 0.3) is 0 Å². The maximum atomic E-state index is 6.10. The summed E-state index contributed by atoms with van der Waals surface area (Å²) in [5.41, 5.74) is 8.75. The Morgan fingerprint density at radius 1 is 1.26 bits per heavy atom. The highest BCUT2D eigenvalue weighted by atomic mass is 35.5. The second-order valence-electron chi connectivity index (χ2n) is 4.39. The van der Waals surface area contributed by atoms with Gasteiger partial charge in [-0.3, -0.25) is 0 Å². The number of halogens is 1. The standard InChI is InChI=1S/C13H14ClN5/c14-9-3-1-2-4-10(9)17-13-18-11-7-16-6-5-8(11)12(15)19-13/h1-4,16H,5-7H2,(H3,15,17,18,19). The molecule has 0 atom stereocenters. The van der Waals surface area contributed by atoms with Crippen LogP contribution >= 0.6 is 11.6 Å². The number of nitrogens with one attached hydrogen (secondary N) is 2. The molecule has 1 aromatic heterocycles. The van der Waals surface area contributed by atoms with Crippen molar-refractivity contribution in [2.24, 2.45) is 0 Å². The predicted molar refractivity (Wildman–Crippen MR) is 76.6 cm³/mol. The van der Waals surface area contributed by atoms with Crippen LogP contribution in [0.3, 0.4) is 0 Å². The van der Waals surface area contributed by atoms with Gasteiger partial charge in [0.05, 0.1) is 16.4 Å². The van der Waals surface area contributed by atoms with E-state index in [1.54, 1.807) is 0 Å². The van der Waals surface area contributed by atoms with Crippen molar-refractivity contribution in [1.29, 1.82) is 0 Å². The minimum atomic E-state index is 0.480. The molecule has 2 aromatic rings. The van der Waals surface area contributed by atoms with E-state index in [9.17, 15) is 0 Å². The van der Waals surface area contributed by atoms with E-state index in [0.29, 0.717) is 16.8 Å². The van der Waals surface area contributed by atoms with E-state index >= 15 is 0 Å². The molecule has 5 nitrogen and oxygen atoms in total. The minimum absolute atomic E-state index is 0.480. The number of anilines is 3. The number of aromatic nitrogens is 2. The lowest BCUT2D eigenvalue weighted by Crippen LogP contribution is -2.26. The molecule has 0 amide bonds. The normalized spacial score (nSPS) is 13.9. The van der Waals surface area contributed by atoms with E-state index in [2.05, 4.69) is 20.6 Å². The quantitative estimate of drug-likeness (QED) is 0.783. The number of nitrogens with zero attached hydrogens (tertiary/aromatic N) is 2. The first-order chi connectivity index (χ1) is 9.24. The Labute approximate surface area is 116 Å². The number of hydrogen-bond acceptors (Lipinski definition) is 5. The van der Waals surface area contributed by atoms with Crippen LogP contribution in [0.2, 0.25) is 5.02 Å². The van der Waals surface area contributed by atoms with Crippen LogP contribution in [-0.4, -0.2) is 16.5 Å². The van der Waals surface area contributed by atoms with E-state index in [4.69, 9.17) is 17.3 Å². The molecule has 2 heterocycles. The van der Waals surface area contributed by atoms with Crippen molar-refractivity contribution >= 4 is 29.1 Å². The molecule has 19 heavy (non-hydrogen) atoms. The number of para-hydroxylation sites is 1. The minimum Gasteiger partial charge on any atom is -0.383 e. The molecular weight excluding hydrogens is 262 g/mol. The first-order valence-corrected chi connectivity index (χ1v) is 6.49. The summed E-state index contributed by atoms with van der Waals surface area (Å²) in [6.45, 7) is 1.64. The van der Waals surface area contributed by atoms with Crippen LogP contribution in [0, 0.1) is 0 Å². The van der Waals surface area contributed by atoms with Gasteiger partial charge < -0.3 is 16.4 Å². The van der Waals surface area contributed by atoms with Gasteiger partial charge in [0.25, 0.3) is 0 Å². The Hall–Kier alpha value is -1.85. The lowest BCUT2D eigenvalue weighted by atomic mass is 10.1. The molecule has 1 aliphatic heterocycles. The zero-order chi connectivity index (χ0) is 13.2. The summed E-state index contributed by atoms with van der Waals surface area (Å²) in [6, 6.07) is 7.46. The van der Waals surface area contributed by atoms with Crippen molar-refractivity contribution in [3.63, 3.8) is 0 Å². The largest absolute Gasteiger partial charge is 0.383 e. The zero-order valence-electron chi connectivity index (χ0n) is 10.3. The van der Waals surface area contributed by atoms with Gasteiger partial charge in [0.15, 0.2) is 0 Å². The fraction of sp³-hybridized carbons (Fsp3) is 0.231. The number of nitrogen functional groups attached to an aromatic ring is 1. The summed E-state index contributed by atoms with van der Waals surface area (Å²) in [6.07, 6.45) is 0.869. The molecule has 0 saturated carbocycles. The van der Waals surface area contributed by atoms with E-state index in [1.165, 1.54) is 0 Å². The zero-order valence-corrected chi connectivity index (χ0v) is 11.0. The van der Waals surface area contributed by atoms with Crippen LogP contribution in [0.1, 0.15) is 11.3 Å². The molecule has 0 unspecified atom stereocenters. The van der Waals surface area contributed by atoms with E-state index in [0.717, 1.165) is 36.5 Å². The van der Waals surface area contributed by atoms with Crippen molar-refractivity contribution in [3.05, 3.63) is 40.5 Å². The first-order valence-electron chi connectivity index (χ1n) is 6.11. The van der Waals surface area contributed by atoms with Crippen LogP contribution in [0.15, 0.2) is 24.3 Å². The lowest BCUT2D eigenvalue weighted by molar-refractivity contribution is 0.626. The summed E-state index contributed by atoms with van der Waals surface area (Å²) in [7, 11) is 0. The Bertz CT molecular complexity index is 614. The second kappa shape index (κ2) is 5.03. The Kier molecular flexibility index (Phi) is 3.23. The summed E-state index contributed by atoms with van der Waals surface area (Å²) in [4.78, 5) is 8.78. The highest BCUT2D eigenvalue weighted by Crippen LogP contribution is 2.25. The second-order valence-corrected chi connectivity index (χ2v) is 4.80. The van der Waals surface area contributed by atoms with Crippen molar-refractivity contribution < 1.29 is 0 Å². The van der Waals surface area contributed by atoms with Gasteiger partial charge in [-0.15, -0.1) is 0 Å². The smallest absolute Gasteiger partial charge is 0.229 e. The van der Waals surface area contributed by atoms with Gasteiger partial charge in [-0.25, -0.2) is 4.98 Å². The van der Waals surface area contributed by atoms with Gasteiger partial charge in [-0.05, 0) is 25.1 Å². The maximum absolute atomic E-state index is 6.10. The summed E-state index contributed by atoms with van der Waals surface area (Å²) in [5, 5.41) is 7.00. The molecule has 0 radical (unpaired) electrons. The third kappa shape index (κ3) is 2.47. The summed E-state index contributed by atoms with van der Waals surface area (Å²) < 4.78 is 0. The molecule has 1 aromatic carbocycles. The number of rotatable bonds is 2. The molecule has 0 saturated heterocycles. The molecule has 0 fully saturated rings. The van der Waals surface area contributed by atoms with Crippen LogP contribution in [0.4, 0.5) is 17.5 Å². The van der Waals surface area contributed by atoms with Crippen LogP contribution in [-0.2, 0) is 13.0 Å². The lowest BCUT2D eigenvalue weighted by Gasteiger charge is -2.18. The molecule has 6 heteroatoms. The highest BCUT2D eigenvalue weighted by molar-refractivity contribution is 6.33. The number of fused-ring (bicyclic) bond motifs is 1. The molecule has 0 aliphatic carbocycles. The first kappa shape index (κ1) is 12.2. The van der Waals surface area contributed by atoms with Gasteiger partial charge in [0.2, 0.25) is 5.95 Å². The molecular formula is C13H14ClN5. The average molecular weight is 276 g/mol. The van der Waals surface area contributed by atoms with E-state index < -0.39 is 0 Å². The van der Waals surface area contributed by atoms with Crippen molar-refractivity contribution in [2.45, 2.75) is 13.0 Å². The van der Waals surface area contributed by atoms with Gasteiger partial charge in [-0.2, -0.15) is 4.98 Å². The topological polar surface area (TPSA) is 75.9 Å². The van der Waals surface area contributed by atoms with Gasteiger partial charge in [-0.1, -0.05) is 23.7 Å². The van der Waals surface area contributed by atoms with Crippen LogP contribution in [0.5, 0.6) is 0 Å². The Morgan fingerprint density at radius 2 is 2.11 bits per heavy atom. The fourth-order valence-electron chi connectivity index (χ4n) is 2.13. The third-order valence-corrected chi connectivity index (χ3v) is 3.42. The Morgan fingerprint density at radius 3 is 2.95 bits per heavy atom. The monoisotopic (exact) mass is 275 g/mol. The molecule has 1 aliphatic rings. The van der Waals surface area contributed by atoms with Crippen molar-refractivity contribution in [1.82, 2.24) is 15.3 Å². The SMILES string of the molecule is Nc1nc(Nc2ccccc2Cl)nc2c1CCNC2. The average Bonchev–Trinajstić information content (AvgIpc) is 2.42. The summed E-state index contributed by atoms with van der Waals surface area (Å²) in [5.74, 6) is 1.02. The molecule has 0 bridgehead atoms. The maximum Gasteiger partial charge on any atom is 0.229 e. The van der Waals surface area contributed by atoms with Gasteiger partial charge >= 0.3 is 0 Å². The fourth-order valence-corrected chi connectivity index (χ4v) is 2.31. The number of hydrogen-bond donors (Lipinski definition) is 3. The molecule has 4 N–H and O–H groups in total. The van der Waals surface area contributed by atoms with Crippen molar-refractivity contribution in [3.8, 4) is 0 Å². The van der Waals surface area contributed by atoms with E-state index in [-0.39, 0.29) is 0 Å². The van der Waals surface area contributed by atoms with Gasteiger partial charge in [0, 0.05) is 12.1 Å². The number of benzene rings is 1. The van der Waals surface area contributed by atoms with Gasteiger partial charge in [0.1, 0.15) is 5.82 Å². The molecule has 98 valence electrons. The molecule has 0 spiro atoms. The predicted octanol–water partition coefficient (Wildman–Crippen LogP) is 2.10. The highest BCUT2D eigenvalue weighted by Gasteiger charge is 2.16. The summed E-state index contributed by atoms with van der Waals surface area (Å²) >= 11 is 6.10. The van der Waals surface area contributed by atoms with Crippen molar-refractivity contribution in [2.75, 3.05) is 17.6 Å². The van der Waals surface area contributed by atoms with E-state index in [1.807, 2.05) is 24.3 Å². The van der Waals surface area contributed by atoms with Crippen LogP contribution < -0.4 is 16.4 Å². The molecule has 3 rings (SSSR count). The Balaban J connectivity index is 1.94.